The lowest BCUT2D eigenvalue weighted by atomic mass is 10.0. The monoisotopic (exact) mass is 353 g/mol. The summed E-state index contributed by atoms with van der Waals surface area (Å²) in [5.74, 6) is 0.829. The number of nitrogens with zero attached hydrogens (tertiary/aromatic N) is 1. The van der Waals surface area contributed by atoms with Crippen LogP contribution in [0.1, 0.15) is 13.8 Å². The van der Waals surface area contributed by atoms with Gasteiger partial charge < -0.3 is 9.47 Å². The number of hydrogen-bond acceptors (Lipinski definition) is 5. The maximum atomic E-state index is 10.7. The van der Waals surface area contributed by atoms with E-state index in [1.165, 1.54) is 11.8 Å². The SMILES string of the molecule is COc1ccc(-c2ccc3nccc(SC(C)(C)OC=O)c3c2)cc1. The number of ether oxygens (including phenoxy) is 2. The minimum absolute atomic E-state index is 0.485. The molecule has 1 aromatic heterocycles. The summed E-state index contributed by atoms with van der Waals surface area (Å²) in [4.78, 5) is 15.5. The van der Waals surface area contributed by atoms with E-state index in [0.29, 0.717) is 6.47 Å². The van der Waals surface area contributed by atoms with E-state index in [0.717, 1.165) is 32.7 Å². The van der Waals surface area contributed by atoms with E-state index in [1.54, 1.807) is 13.3 Å². The highest BCUT2D eigenvalue weighted by Crippen LogP contribution is 2.38. The molecule has 0 aliphatic heterocycles. The normalized spacial score (nSPS) is 11.3. The molecule has 25 heavy (non-hydrogen) atoms. The van der Waals surface area contributed by atoms with Gasteiger partial charge in [0.1, 0.15) is 5.75 Å². The zero-order valence-electron chi connectivity index (χ0n) is 14.4. The van der Waals surface area contributed by atoms with E-state index in [1.807, 2.05) is 50.2 Å². The number of carbonyl (C=O) groups excluding carboxylic acids is 1. The highest BCUT2D eigenvalue weighted by molar-refractivity contribution is 8.00. The molecular weight excluding hydrogens is 334 g/mol. The summed E-state index contributed by atoms with van der Waals surface area (Å²) >= 11 is 1.50. The molecule has 2 aromatic carbocycles. The Kier molecular flexibility index (Phi) is 4.95. The first-order valence-electron chi connectivity index (χ1n) is 7.86. The molecule has 3 aromatic rings. The second-order valence-electron chi connectivity index (χ2n) is 5.99. The van der Waals surface area contributed by atoms with Gasteiger partial charge in [0.05, 0.1) is 12.6 Å². The van der Waals surface area contributed by atoms with Crippen molar-refractivity contribution in [2.75, 3.05) is 7.11 Å². The lowest BCUT2D eigenvalue weighted by Gasteiger charge is -2.22. The van der Waals surface area contributed by atoms with Crippen LogP contribution < -0.4 is 4.74 Å². The van der Waals surface area contributed by atoms with E-state index in [2.05, 4.69) is 17.1 Å². The third kappa shape index (κ3) is 3.94. The quantitative estimate of drug-likeness (QED) is 0.358. The summed E-state index contributed by atoms with van der Waals surface area (Å²) in [6, 6.07) is 16.1. The third-order valence-electron chi connectivity index (χ3n) is 3.81. The molecule has 0 fully saturated rings. The third-order valence-corrected chi connectivity index (χ3v) is 4.98. The number of hydrogen-bond donors (Lipinski definition) is 0. The minimum atomic E-state index is -0.647. The first-order valence-corrected chi connectivity index (χ1v) is 8.68. The number of aromatic nitrogens is 1. The van der Waals surface area contributed by atoms with Crippen LogP contribution in [0.4, 0.5) is 0 Å². The summed E-state index contributed by atoms with van der Waals surface area (Å²) in [5.41, 5.74) is 3.11. The molecule has 1 heterocycles. The van der Waals surface area contributed by atoms with Crippen molar-refractivity contribution in [1.82, 2.24) is 4.98 Å². The topological polar surface area (TPSA) is 48.4 Å². The molecule has 0 saturated heterocycles. The first kappa shape index (κ1) is 17.3. The van der Waals surface area contributed by atoms with Crippen molar-refractivity contribution in [3.8, 4) is 16.9 Å². The zero-order valence-corrected chi connectivity index (χ0v) is 15.2. The second-order valence-corrected chi connectivity index (χ2v) is 7.61. The average molecular weight is 353 g/mol. The Bertz CT molecular complexity index is 891. The van der Waals surface area contributed by atoms with E-state index in [4.69, 9.17) is 9.47 Å². The van der Waals surface area contributed by atoms with Crippen LogP contribution in [0.15, 0.2) is 59.6 Å². The fraction of sp³-hybridized carbons (Fsp3) is 0.200. The van der Waals surface area contributed by atoms with Crippen molar-refractivity contribution >= 4 is 29.1 Å². The molecule has 0 saturated carbocycles. The van der Waals surface area contributed by atoms with Gasteiger partial charge in [0.25, 0.3) is 6.47 Å². The van der Waals surface area contributed by atoms with Crippen LogP contribution in [0.25, 0.3) is 22.0 Å². The van der Waals surface area contributed by atoms with Gasteiger partial charge in [-0.1, -0.05) is 30.0 Å². The Morgan fingerprint density at radius 1 is 1.04 bits per heavy atom. The largest absolute Gasteiger partial charge is 0.497 e. The number of thioether (sulfide) groups is 1. The van der Waals surface area contributed by atoms with Crippen molar-refractivity contribution in [3.05, 3.63) is 54.7 Å². The number of fused-ring (bicyclic) bond motifs is 1. The number of pyridine rings is 1. The van der Waals surface area contributed by atoms with Crippen molar-refractivity contribution in [2.45, 2.75) is 23.7 Å². The van der Waals surface area contributed by atoms with Crippen LogP contribution in [0, 0.1) is 0 Å². The summed E-state index contributed by atoms with van der Waals surface area (Å²) in [6.07, 6.45) is 1.77. The van der Waals surface area contributed by atoms with Crippen molar-refractivity contribution in [2.24, 2.45) is 0 Å². The number of rotatable bonds is 6. The lowest BCUT2D eigenvalue weighted by Crippen LogP contribution is -2.18. The highest BCUT2D eigenvalue weighted by Gasteiger charge is 2.22. The molecule has 5 heteroatoms. The molecule has 3 rings (SSSR count). The Hall–Kier alpha value is -2.53. The Morgan fingerprint density at radius 3 is 2.44 bits per heavy atom. The molecule has 128 valence electrons. The number of benzene rings is 2. The van der Waals surface area contributed by atoms with Gasteiger partial charge >= 0.3 is 0 Å². The minimum Gasteiger partial charge on any atom is -0.497 e. The van der Waals surface area contributed by atoms with Crippen molar-refractivity contribution in [1.29, 1.82) is 0 Å². The molecule has 0 spiro atoms. The van der Waals surface area contributed by atoms with Crippen LogP contribution in [0.3, 0.4) is 0 Å². The molecule has 0 bridgehead atoms. The van der Waals surface area contributed by atoms with Crippen LogP contribution in [-0.4, -0.2) is 23.5 Å². The van der Waals surface area contributed by atoms with Crippen LogP contribution in [0.5, 0.6) is 5.75 Å². The van der Waals surface area contributed by atoms with Crippen LogP contribution >= 0.6 is 11.8 Å². The number of methoxy groups -OCH3 is 1. The van der Waals surface area contributed by atoms with Gasteiger partial charge in [-0.3, -0.25) is 9.78 Å². The first-order chi connectivity index (χ1) is 12.0. The summed E-state index contributed by atoms with van der Waals surface area (Å²) in [7, 11) is 1.66. The summed E-state index contributed by atoms with van der Waals surface area (Å²) in [5, 5.41) is 1.03. The number of carbonyl (C=O) groups is 1. The average Bonchev–Trinajstić information content (AvgIpc) is 2.61. The molecule has 0 amide bonds. The van der Waals surface area contributed by atoms with E-state index in [9.17, 15) is 4.79 Å². The Morgan fingerprint density at radius 2 is 1.76 bits per heavy atom. The fourth-order valence-corrected chi connectivity index (χ4v) is 3.60. The van der Waals surface area contributed by atoms with Gasteiger partial charge in [-0.05, 0) is 55.3 Å². The molecule has 0 unspecified atom stereocenters. The maximum absolute atomic E-state index is 10.7. The van der Waals surface area contributed by atoms with Gasteiger partial charge in [0.15, 0.2) is 4.93 Å². The zero-order chi connectivity index (χ0) is 17.9. The molecule has 0 aliphatic carbocycles. The smallest absolute Gasteiger partial charge is 0.294 e. The van der Waals surface area contributed by atoms with E-state index >= 15 is 0 Å². The van der Waals surface area contributed by atoms with Gasteiger partial charge in [0, 0.05) is 16.5 Å². The summed E-state index contributed by atoms with van der Waals surface area (Å²) < 4.78 is 10.4. The van der Waals surface area contributed by atoms with Crippen LogP contribution in [-0.2, 0) is 9.53 Å². The molecular formula is C20H19NO3S. The maximum Gasteiger partial charge on any atom is 0.294 e. The molecule has 0 atom stereocenters. The van der Waals surface area contributed by atoms with Gasteiger partial charge in [-0.15, -0.1) is 0 Å². The van der Waals surface area contributed by atoms with Crippen LogP contribution in [0.2, 0.25) is 0 Å². The summed E-state index contributed by atoms with van der Waals surface area (Å²) in [6.45, 7) is 4.22. The van der Waals surface area contributed by atoms with Gasteiger partial charge in [-0.2, -0.15) is 0 Å². The molecule has 0 N–H and O–H groups in total. The Balaban J connectivity index is 2.03. The van der Waals surface area contributed by atoms with Gasteiger partial charge in [-0.25, -0.2) is 0 Å². The van der Waals surface area contributed by atoms with E-state index in [-0.39, 0.29) is 0 Å². The Labute approximate surface area is 151 Å². The lowest BCUT2D eigenvalue weighted by molar-refractivity contribution is -0.133. The predicted octanol–water partition coefficient (Wildman–Crippen LogP) is 4.91. The highest BCUT2D eigenvalue weighted by atomic mass is 32.2. The van der Waals surface area contributed by atoms with Crippen molar-refractivity contribution in [3.63, 3.8) is 0 Å². The predicted molar refractivity (Wildman–Crippen MR) is 101 cm³/mol. The van der Waals surface area contributed by atoms with Gasteiger partial charge in [0.2, 0.25) is 0 Å². The molecule has 0 radical (unpaired) electrons. The standard InChI is InChI=1S/C20H19NO3S/c1-20(2,24-13-22)25-19-10-11-21-18-9-6-15(12-17(18)19)14-4-7-16(23-3)8-5-14/h4-13H,1-3H3. The van der Waals surface area contributed by atoms with Crippen molar-refractivity contribution < 1.29 is 14.3 Å². The molecule has 4 nitrogen and oxygen atoms in total. The second kappa shape index (κ2) is 7.15. The fourth-order valence-electron chi connectivity index (χ4n) is 2.58. The molecule has 0 aliphatic rings. The van der Waals surface area contributed by atoms with E-state index < -0.39 is 4.93 Å².